The van der Waals surface area contributed by atoms with Crippen LogP contribution in [0.3, 0.4) is 0 Å². The quantitative estimate of drug-likeness (QED) is 0.160. The van der Waals surface area contributed by atoms with E-state index >= 15 is 0 Å². The van der Waals surface area contributed by atoms with E-state index in [2.05, 4.69) is 182 Å². The summed E-state index contributed by atoms with van der Waals surface area (Å²) in [5, 5.41) is 7.19. The molecular formula is C62H39N7. The molecule has 0 spiro atoms. The normalized spacial score (nSPS) is 11.8. The van der Waals surface area contributed by atoms with Crippen molar-refractivity contribution >= 4 is 65.4 Å². The molecule has 0 radical (unpaired) electrons. The van der Waals surface area contributed by atoms with Crippen LogP contribution in [0.25, 0.3) is 128 Å². The molecule has 9 aromatic carbocycles. The fourth-order valence-electron chi connectivity index (χ4n) is 10.5. The number of rotatable bonds is 7. The third-order valence-corrected chi connectivity index (χ3v) is 13.6. The van der Waals surface area contributed by atoms with Crippen LogP contribution in [0, 0.1) is 0 Å². The molecule has 0 aliphatic heterocycles. The number of para-hydroxylation sites is 4. The van der Waals surface area contributed by atoms with Gasteiger partial charge in [0, 0.05) is 78.3 Å². The molecular weight excluding hydrogens is 843 g/mol. The van der Waals surface area contributed by atoms with Crippen molar-refractivity contribution in [1.82, 2.24) is 33.6 Å². The first-order valence-electron chi connectivity index (χ1n) is 23.2. The third-order valence-electron chi connectivity index (χ3n) is 13.6. The minimum Gasteiger partial charge on any atom is -0.309 e. The first-order chi connectivity index (χ1) is 34.2. The predicted molar refractivity (Wildman–Crippen MR) is 282 cm³/mol. The van der Waals surface area contributed by atoms with E-state index in [1.807, 2.05) is 73.1 Å². The minimum atomic E-state index is 0.591. The standard InChI is InChI=1S/C62H39N7/c1-3-15-41(16-4-1)60-64-61(42-17-5-2-6-18-42)66-62(65-60)43-27-30-46(40-33-35-63-36-34-40)59(37-43)69-57-31-28-44(67-53-23-11-7-19-47(53)48-20-8-12-24-54(48)67)38-51(57)52-39-45(29-32-58(52)69)68-55-25-13-9-21-49(55)50-22-10-14-26-56(50)68/h1-39H. The monoisotopic (exact) mass is 881 g/mol. The molecule has 5 aromatic heterocycles. The van der Waals surface area contributed by atoms with E-state index in [1.165, 1.54) is 43.6 Å². The molecule has 0 atom stereocenters. The third kappa shape index (κ3) is 6.21. The summed E-state index contributed by atoms with van der Waals surface area (Å²) in [7, 11) is 0. The first kappa shape index (κ1) is 38.8. The van der Waals surface area contributed by atoms with E-state index in [0.29, 0.717) is 17.5 Å². The van der Waals surface area contributed by atoms with Gasteiger partial charge in [0.2, 0.25) is 0 Å². The molecule has 0 amide bonds. The Morgan fingerprint density at radius 1 is 0.261 bits per heavy atom. The van der Waals surface area contributed by atoms with Gasteiger partial charge in [-0.15, -0.1) is 0 Å². The Morgan fingerprint density at radius 2 is 0.652 bits per heavy atom. The zero-order valence-corrected chi connectivity index (χ0v) is 37.1. The van der Waals surface area contributed by atoms with Gasteiger partial charge in [0.15, 0.2) is 17.5 Å². The van der Waals surface area contributed by atoms with Crippen LogP contribution in [0.1, 0.15) is 0 Å². The molecule has 69 heavy (non-hydrogen) atoms. The number of nitrogens with zero attached hydrogens (tertiary/aromatic N) is 7. The Kier molecular flexibility index (Phi) is 8.75. The molecule has 7 nitrogen and oxygen atoms in total. The summed E-state index contributed by atoms with van der Waals surface area (Å²) >= 11 is 0. The smallest absolute Gasteiger partial charge is 0.164 e. The van der Waals surface area contributed by atoms with Crippen LogP contribution in [0.15, 0.2) is 237 Å². The van der Waals surface area contributed by atoms with Crippen LogP contribution in [-0.4, -0.2) is 33.6 Å². The highest BCUT2D eigenvalue weighted by Crippen LogP contribution is 2.42. The topological polar surface area (TPSA) is 66.3 Å². The van der Waals surface area contributed by atoms with Crippen LogP contribution in [0.4, 0.5) is 0 Å². The highest BCUT2D eigenvalue weighted by molar-refractivity contribution is 6.14. The van der Waals surface area contributed by atoms with Gasteiger partial charge in [-0.05, 0) is 84.4 Å². The van der Waals surface area contributed by atoms with Gasteiger partial charge in [-0.3, -0.25) is 4.98 Å². The van der Waals surface area contributed by atoms with E-state index in [4.69, 9.17) is 15.0 Å². The molecule has 322 valence electrons. The highest BCUT2D eigenvalue weighted by Gasteiger charge is 2.22. The van der Waals surface area contributed by atoms with Crippen molar-refractivity contribution in [2.75, 3.05) is 0 Å². The van der Waals surface area contributed by atoms with Crippen molar-refractivity contribution in [3.63, 3.8) is 0 Å². The Hall–Kier alpha value is -9.46. The fraction of sp³-hybridized carbons (Fsp3) is 0. The molecule has 0 N–H and O–H groups in total. The van der Waals surface area contributed by atoms with Gasteiger partial charge >= 0.3 is 0 Å². The minimum absolute atomic E-state index is 0.591. The summed E-state index contributed by atoms with van der Waals surface area (Å²) in [4.78, 5) is 19.8. The van der Waals surface area contributed by atoms with E-state index in [1.54, 1.807) is 0 Å². The van der Waals surface area contributed by atoms with Crippen molar-refractivity contribution in [3.8, 4) is 62.4 Å². The lowest BCUT2D eigenvalue weighted by Gasteiger charge is -2.17. The second-order valence-electron chi connectivity index (χ2n) is 17.5. The van der Waals surface area contributed by atoms with Crippen molar-refractivity contribution in [2.45, 2.75) is 0 Å². The Morgan fingerprint density at radius 3 is 1.10 bits per heavy atom. The van der Waals surface area contributed by atoms with Crippen LogP contribution in [-0.2, 0) is 0 Å². The van der Waals surface area contributed by atoms with Gasteiger partial charge in [0.05, 0.1) is 38.8 Å². The summed E-state index contributed by atoms with van der Waals surface area (Å²) in [6, 6.07) is 79.7. The van der Waals surface area contributed by atoms with Gasteiger partial charge in [-0.25, -0.2) is 15.0 Å². The second kappa shape index (κ2) is 15.6. The highest BCUT2D eigenvalue weighted by atomic mass is 15.0. The molecule has 0 aliphatic rings. The summed E-state index contributed by atoms with van der Waals surface area (Å²) in [6.07, 6.45) is 3.72. The van der Waals surface area contributed by atoms with E-state index in [0.717, 1.165) is 66.7 Å². The van der Waals surface area contributed by atoms with Gasteiger partial charge < -0.3 is 13.7 Å². The van der Waals surface area contributed by atoms with Crippen LogP contribution >= 0.6 is 0 Å². The lowest BCUT2D eigenvalue weighted by Crippen LogP contribution is -2.02. The average Bonchev–Trinajstić information content (AvgIpc) is 4.06. The lowest BCUT2D eigenvalue weighted by atomic mass is 10.0. The molecule has 14 aromatic rings. The van der Waals surface area contributed by atoms with Crippen molar-refractivity contribution in [1.29, 1.82) is 0 Å². The van der Waals surface area contributed by atoms with Gasteiger partial charge in [-0.2, -0.15) is 0 Å². The first-order valence-corrected chi connectivity index (χ1v) is 23.2. The molecule has 5 heterocycles. The van der Waals surface area contributed by atoms with Crippen LogP contribution in [0.5, 0.6) is 0 Å². The van der Waals surface area contributed by atoms with Crippen molar-refractivity contribution < 1.29 is 0 Å². The predicted octanol–water partition coefficient (Wildman–Crippen LogP) is 15.2. The number of benzene rings is 9. The average molecular weight is 882 g/mol. The maximum absolute atomic E-state index is 5.18. The Bertz CT molecular complexity index is 3970. The largest absolute Gasteiger partial charge is 0.309 e. The van der Waals surface area contributed by atoms with Gasteiger partial charge in [0.25, 0.3) is 0 Å². The molecule has 0 bridgehead atoms. The number of fused-ring (bicyclic) bond motifs is 9. The van der Waals surface area contributed by atoms with Crippen molar-refractivity contribution in [2.24, 2.45) is 0 Å². The molecule has 0 unspecified atom stereocenters. The number of hydrogen-bond acceptors (Lipinski definition) is 4. The molecule has 0 aliphatic carbocycles. The van der Waals surface area contributed by atoms with E-state index in [-0.39, 0.29) is 0 Å². The summed E-state index contributed by atoms with van der Waals surface area (Å²) < 4.78 is 7.23. The summed E-state index contributed by atoms with van der Waals surface area (Å²) in [6.45, 7) is 0. The number of aromatic nitrogens is 7. The number of hydrogen-bond donors (Lipinski definition) is 0. The zero-order chi connectivity index (χ0) is 45.4. The van der Waals surface area contributed by atoms with Gasteiger partial charge in [-0.1, -0.05) is 146 Å². The summed E-state index contributed by atoms with van der Waals surface area (Å²) in [5.41, 5.74) is 14.8. The molecule has 0 saturated carbocycles. The second-order valence-corrected chi connectivity index (χ2v) is 17.5. The SMILES string of the molecule is c1ccc(-c2nc(-c3ccccc3)nc(-c3ccc(-c4ccncc4)c(-n4c5ccc(-n6c7ccccc7c7ccccc76)cc5c5cc(-n6c7ccccc7c7ccccc76)ccc54)c3)n2)cc1. The zero-order valence-electron chi connectivity index (χ0n) is 37.1. The Labute approximate surface area is 396 Å². The maximum atomic E-state index is 5.18. The van der Waals surface area contributed by atoms with Crippen molar-refractivity contribution in [3.05, 3.63) is 237 Å². The summed E-state index contributed by atoms with van der Waals surface area (Å²) in [5.74, 6) is 1.82. The molecule has 14 rings (SSSR count). The number of pyridine rings is 1. The molecule has 0 fully saturated rings. The molecule has 7 heteroatoms. The Balaban J connectivity index is 1.06. The maximum Gasteiger partial charge on any atom is 0.164 e. The van der Waals surface area contributed by atoms with Crippen LogP contribution < -0.4 is 0 Å². The fourth-order valence-corrected chi connectivity index (χ4v) is 10.5. The lowest BCUT2D eigenvalue weighted by molar-refractivity contribution is 1.07. The van der Waals surface area contributed by atoms with E-state index in [9.17, 15) is 0 Å². The van der Waals surface area contributed by atoms with E-state index < -0.39 is 0 Å². The van der Waals surface area contributed by atoms with Gasteiger partial charge in [0.1, 0.15) is 0 Å². The molecule has 0 saturated heterocycles. The van der Waals surface area contributed by atoms with Crippen LogP contribution in [0.2, 0.25) is 0 Å².